The molecule has 1 fully saturated rings. The van der Waals surface area contributed by atoms with Crippen molar-refractivity contribution < 1.29 is 9.53 Å². The third kappa shape index (κ3) is 4.45. The third-order valence-corrected chi connectivity index (χ3v) is 4.42. The average molecular weight is 284 g/mol. The number of rotatable bonds is 7. The molecule has 0 bridgehead atoms. The molecule has 1 heterocycles. The lowest BCUT2D eigenvalue weighted by atomic mass is 9.90. The number of nitrogens with zero attached hydrogens (tertiary/aromatic N) is 1. The Hall–Kier alpha value is -0.610. The van der Waals surface area contributed by atoms with Crippen molar-refractivity contribution in [3.05, 3.63) is 0 Å². The second kappa shape index (κ2) is 7.99. The number of nitrogens with one attached hydrogen (secondary N) is 1. The van der Waals surface area contributed by atoms with Gasteiger partial charge >= 0.3 is 5.97 Å². The SMILES string of the molecule is CCNC(C)(CC(C)N1CCCCC1C)C(=O)OCC. The molecule has 4 nitrogen and oxygen atoms in total. The van der Waals surface area contributed by atoms with Crippen molar-refractivity contribution in [2.75, 3.05) is 19.7 Å². The number of carbonyl (C=O) groups excluding carboxylic acids is 1. The predicted octanol–water partition coefficient (Wildman–Crippen LogP) is 2.57. The molecule has 3 atom stereocenters. The molecule has 0 aromatic rings. The lowest BCUT2D eigenvalue weighted by molar-refractivity contribution is -0.151. The summed E-state index contributed by atoms with van der Waals surface area (Å²) in [5.74, 6) is -0.127. The van der Waals surface area contributed by atoms with Crippen molar-refractivity contribution in [2.24, 2.45) is 0 Å². The number of carbonyl (C=O) groups is 1. The molecule has 4 heteroatoms. The number of ether oxygens (including phenoxy) is 1. The van der Waals surface area contributed by atoms with Gasteiger partial charge in [0.05, 0.1) is 6.61 Å². The van der Waals surface area contributed by atoms with Crippen LogP contribution >= 0.6 is 0 Å². The maximum atomic E-state index is 12.3. The van der Waals surface area contributed by atoms with Crippen molar-refractivity contribution in [2.45, 2.75) is 77.9 Å². The molecule has 0 aliphatic carbocycles. The lowest BCUT2D eigenvalue weighted by Gasteiger charge is -2.41. The molecule has 3 unspecified atom stereocenters. The summed E-state index contributed by atoms with van der Waals surface area (Å²) in [4.78, 5) is 14.8. The first kappa shape index (κ1) is 17.4. The van der Waals surface area contributed by atoms with Crippen molar-refractivity contribution in [3.8, 4) is 0 Å². The van der Waals surface area contributed by atoms with E-state index in [-0.39, 0.29) is 5.97 Å². The molecule has 118 valence electrons. The number of likely N-dealkylation sites (N-methyl/N-ethyl adjacent to an activating group) is 1. The van der Waals surface area contributed by atoms with Gasteiger partial charge < -0.3 is 10.1 Å². The van der Waals surface area contributed by atoms with E-state index in [9.17, 15) is 4.79 Å². The van der Waals surface area contributed by atoms with Crippen LogP contribution < -0.4 is 5.32 Å². The Morgan fingerprint density at radius 3 is 2.70 bits per heavy atom. The van der Waals surface area contributed by atoms with Crippen LogP contribution in [0.4, 0.5) is 0 Å². The minimum Gasteiger partial charge on any atom is -0.465 e. The lowest BCUT2D eigenvalue weighted by Crippen LogP contribution is -2.55. The van der Waals surface area contributed by atoms with E-state index in [1.165, 1.54) is 19.3 Å². The molecule has 0 aromatic carbocycles. The van der Waals surface area contributed by atoms with E-state index in [0.29, 0.717) is 18.7 Å². The maximum absolute atomic E-state index is 12.3. The van der Waals surface area contributed by atoms with E-state index in [4.69, 9.17) is 4.74 Å². The maximum Gasteiger partial charge on any atom is 0.326 e. The Morgan fingerprint density at radius 2 is 2.15 bits per heavy atom. The largest absolute Gasteiger partial charge is 0.465 e. The molecule has 0 amide bonds. The number of likely N-dealkylation sites (tertiary alicyclic amines) is 1. The highest BCUT2D eigenvalue weighted by molar-refractivity contribution is 5.80. The van der Waals surface area contributed by atoms with Crippen molar-refractivity contribution in [1.29, 1.82) is 0 Å². The van der Waals surface area contributed by atoms with E-state index in [2.05, 4.69) is 24.1 Å². The summed E-state index contributed by atoms with van der Waals surface area (Å²) < 4.78 is 5.25. The Kier molecular flexibility index (Phi) is 6.96. The van der Waals surface area contributed by atoms with Crippen LogP contribution in [0.2, 0.25) is 0 Å². The summed E-state index contributed by atoms with van der Waals surface area (Å²) in [6, 6.07) is 1.01. The van der Waals surface area contributed by atoms with Crippen molar-refractivity contribution >= 4 is 5.97 Å². The molecule has 20 heavy (non-hydrogen) atoms. The van der Waals surface area contributed by atoms with E-state index in [1.807, 2.05) is 20.8 Å². The van der Waals surface area contributed by atoms with Crippen LogP contribution in [0, 0.1) is 0 Å². The van der Waals surface area contributed by atoms with Gasteiger partial charge in [-0.25, -0.2) is 0 Å². The molecule has 1 aliphatic heterocycles. The van der Waals surface area contributed by atoms with Gasteiger partial charge in [0.1, 0.15) is 5.54 Å². The minimum absolute atomic E-state index is 0.127. The molecule has 1 N–H and O–H groups in total. The number of hydrogen-bond acceptors (Lipinski definition) is 4. The predicted molar refractivity (Wildman–Crippen MR) is 82.8 cm³/mol. The zero-order valence-electron chi connectivity index (χ0n) is 13.9. The van der Waals surface area contributed by atoms with Crippen LogP contribution in [0.25, 0.3) is 0 Å². The van der Waals surface area contributed by atoms with Gasteiger partial charge in [0.2, 0.25) is 0 Å². The van der Waals surface area contributed by atoms with Gasteiger partial charge in [0, 0.05) is 12.1 Å². The van der Waals surface area contributed by atoms with Gasteiger partial charge in [-0.15, -0.1) is 0 Å². The molecule has 1 rings (SSSR count). The van der Waals surface area contributed by atoms with Crippen LogP contribution in [0.5, 0.6) is 0 Å². The highest BCUT2D eigenvalue weighted by Crippen LogP contribution is 2.24. The zero-order valence-corrected chi connectivity index (χ0v) is 13.9. The molecule has 1 saturated heterocycles. The molecule has 1 aliphatic rings. The van der Waals surface area contributed by atoms with Crippen LogP contribution in [0.1, 0.15) is 60.3 Å². The summed E-state index contributed by atoms with van der Waals surface area (Å²) in [5, 5.41) is 3.33. The fourth-order valence-corrected chi connectivity index (χ4v) is 3.39. The number of hydrogen-bond donors (Lipinski definition) is 1. The molecule has 0 saturated carbocycles. The van der Waals surface area contributed by atoms with Gasteiger partial charge in [0.15, 0.2) is 0 Å². The molecule has 0 aromatic heterocycles. The summed E-state index contributed by atoms with van der Waals surface area (Å²) >= 11 is 0. The number of esters is 1. The standard InChI is InChI=1S/C16H32N2O2/c1-6-17-16(5,15(19)20-7-2)12-14(4)18-11-9-8-10-13(18)3/h13-14,17H,6-12H2,1-5H3. The van der Waals surface area contributed by atoms with Gasteiger partial charge in [-0.3, -0.25) is 9.69 Å². The monoisotopic (exact) mass is 284 g/mol. The Morgan fingerprint density at radius 1 is 1.45 bits per heavy atom. The molecular formula is C16H32N2O2. The van der Waals surface area contributed by atoms with Crippen LogP contribution in [0.3, 0.4) is 0 Å². The van der Waals surface area contributed by atoms with Crippen molar-refractivity contribution in [1.82, 2.24) is 10.2 Å². The van der Waals surface area contributed by atoms with E-state index in [0.717, 1.165) is 19.5 Å². The second-order valence-electron chi connectivity index (χ2n) is 6.22. The highest BCUT2D eigenvalue weighted by atomic mass is 16.5. The first-order valence-corrected chi connectivity index (χ1v) is 8.12. The van der Waals surface area contributed by atoms with Gasteiger partial charge in [-0.05, 0) is 60.0 Å². The average Bonchev–Trinajstić information content (AvgIpc) is 2.39. The molecule has 0 radical (unpaired) electrons. The Bertz CT molecular complexity index is 309. The fourth-order valence-electron chi connectivity index (χ4n) is 3.39. The zero-order chi connectivity index (χ0) is 15.2. The van der Waals surface area contributed by atoms with Crippen molar-refractivity contribution in [3.63, 3.8) is 0 Å². The summed E-state index contributed by atoms with van der Waals surface area (Å²) in [5.41, 5.74) is -0.582. The molecular weight excluding hydrogens is 252 g/mol. The van der Waals surface area contributed by atoms with E-state index >= 15 is 0 Å². The topological polar surface area (TPSA) is 41.6 Å². The van der Waals surface area contributed by atoms with Gasteiger partial charge in [0.25, 0.3) is 0 Å². The normalized spacial score (nSPS) is 24.9. The Balaban J connectivity index is 2.70. The Labute approximate surface area is 124 Å². The minimum atomic E-state index is -0.582. The quantitative estimate of drug-likeness (QED) is 0.730. The molecule has 0 spiro atoms. The van der Waals surface area contributed by atoms with Crippen LogP contribution in [-0.4, -0.2) is 48.2 Å². The number of piperidine rings is 1. The second-order valence-corrected chi connectivity index (χ2v) is 6.22. The van der Waals surface area contributed by atoms with Crippen LogP contribution in [0.15, 0.2) is 0 Å². The third-order valence-electron chi connectivity index (χ3n) is 4.42. The van der Waals surface area contributed by atoms with E-state index in [1.54, 1.807) is 0 Å². The fraction of sp³-hybridized carbons (Fsp3) is 0.938. The summed E-state index contributed by atoms with van der Waals surface area (Å²) in [6.45, 7) is 12.8. The van der Waals surface area contributed by atoms with Crippen LogP contribution in [-0.2, 0) is 9.53 Å². The first-order valence-electron chi connectivity index (χ1n) is 8.12. The summed E-state index contributed by atoms with van der Waals surface area (Å²) in [7, 11) is 0. The van der Waals surface area contributed by atoms with Gasteiger partial charge in [-0.1, -0.05) is 13.3 Å². The highest BCUT2D eigenvalue weighted by Gasteiger charge is 2.37. The smallest absolute Gasteiger partial charge is 0.326 e. The van der Waals surface area contributed by atoms with E-state index < -0.39 is 5.54 Å². The first-order chi connectivity index (χ1) is 9.44. The van der Waals surface area contributed by atoms with Gasteiger partial charge in [-0.2, -0.15) is 0 Å². The summed E-state index contributed by atoms with van der Waals surface area (Å²) in [6.07, 6.45) is 4.66.